The van der Waals surface area contributed by atoms with E-state index in [-0.39, 0.29) is 23.2 Å². The number of phenolic OH excluding ortho intramolecular Hbond substituents is 1. The van der Waals surface area contributed by atoms with E-state index in [9.17, 15) is 35.1 Å². The maximum atomic E-state index is 13.3. The molecule has 5 rings (SSSR count). The summed E-state index contributed by atoms with van der Waals surface area (Å²) in [4.78, 5) is 27.0. The van der Waals surface area contributed by atoms with Crippen molar-refractivity contribution in [1.29, 1.82) is 0 Å². The number of carbonyl (C=O) groups excluding carboxylic acids is 1. The molecule has 0 saturated carbocycles. The second-order valence-corrected chi connectivity index (χ2v) is 10.5. The molecule has 2 aromatic rings. The van der Waals surface area contributed by atoms with Crippen molar-refractivity contribution in [2.45, 2.75) is 62.9 Å². The maximum absolute atomic E-state index is 13.3. The average Bonchev–Trinajstić information content (AvgIpc) is 3.19. The number of carboxylic acid groups (broad SMARTS) is 1. The zero-order chi connectivity index (χ0) is 27.0. The van der Waals surface area contributed by atoms with Gasteiger partial charge in [-0.25, -0.2) is 4.79 Å². The van der Waals surface area contributed by atoms with Crippen molar-refractivity contribution in [3.05, 3.63) is 59.2 Å². The van der Waals surface area contributed by atoms with E-state index < -0.39 is 36.7 Å². The van der Waals surface area contributed by atoms with Crippen molar-refractivity contribution in [3.8, 4) is 11.5 Å². The molecule has 2 fully saturated rings. The SMILES string of the molecule is O=C1c2cc(OC3O[C@H](C(=O)O)[C@@H](O)[C@H](O)[C@H]3O)c(O)cc2CC1CC1CCN(Cc2ccccc2)CC1. The van der Waals surface area contributed by atoms with Gasteiger partial charge in [-0.3, -0.25) is 9.69 Å². The van der Waals surface area contributed by atoms with Gasteiger partial charge in [-0.15, -0.1) is 0 Å². The predicted molar refractivity (Wildman–Crippen MR) is 134 cm³/mol. The Morgan fingerprint density at radius 3 is 2.42 bits per heavy atom. The van der Waals surface area contributed by atoms with Gasteiger partial charge in [0.25, 0.3) is 0 Å². The number of aromatic hydroxyl groups is 1. The molecule has 3 aliphatic rings. The van der Waals surface area contributed by atoms with Crippen molar-refractivity contribution >= 4 is 11.8 Å². The number of rotatable bonds is 7. The number of aliphatic hydroxyl groups excluding tert-OH is 3. The molecule has 10 nitrogen and oxygen atoms in total. The van der Waals surface area contributed by atoms with Crippen LogP contribution in [0.3, 0.4) is 0 Å². The fraction of sp³-hybridized carbons (Fsp3) is 0.500. The average molecular weight is 528 g/mol. The lowest BCUT2D eigenvalue weighted by Crippen LogP contribution is -2.61. The first-order valence-corrected chi connectivity index (χ1v) is 13.0. The maximum Gasteiger partial charge on any atom is 0.335 e. The van der Waals surface area contributed by atoms with Gasteiger partial charge in [0.2, 0.25) is 6.29 Å². The highest BCUT2D eigenvalue weighted by Gasteiger charge is 2.48. The van der Waals surface area contributed by atoms with Crippen LogP contribution in [0.15, 0.2) is 42.5 Å². The molecule has 1 aliphatic carbocycles. The van der Waals surface area contributed by atoms with Crippen LogP contribution in [0.5, 0.6) is 11.5 Å². The molecule has 2 heterocycles. The van der Waals surface area contributed by atoms with Crippen molar-refractivity contribution < 1.29 is 44.6 Å². The third-order valence-corrected chi connectivity index (χ3v) is 7.92. The highest BCUT2D eigenvalue weighted by Crippen LogP contribution is 2.40. The first-order chi connectivity index (χ1) is 18.2. The zero-order valence-corrected chi connectivity index (χ0v) is 20.8. The minimum atomic E-state index is -1.86. The number of carboxylic acids is 1. The second kappa shape index (κ2) is 11.0. The van der Waals surface area contributed by atoms with E-state index in [4.69, 9.17) is 9.47 Å². The largest absolute Gasteiger partial charge is 0.504 e. The quantitative estimate of drug-likeness (QED) is 0.356. The van der Waals surface area contributed by atoms with E-state index in [1.165, 1.54) is 17.7 Å². The number of likely N-dealkylation sites (tertiary alicyclic amines) is 1. The zero-order valence-electron chi connectivity index (χ0n) is 20.8. The minimum absolute atomic E-state index is 0.0412. The van der Waals surface area contributed by atoms with Gasteiger partial charge in [-0.2, -0.15) is 0 Å². The lowest BCUT2D eigenvalue weighted by Gasteiger charge is -2.38. The molecule has 2 aromatic carbocycles. The number of carbonyl (C=O) groups is 2. The number of ether oxygens (including phenoxy) is 2. The number of benzene rings is 2. The summed E-state index contributed by atoms with van der Waals surface area (Å²) in [6.07, 6.45) is -5.67. The summed E-state index contributed by atoms with van der Waals surface area (Å²) >= 11 is 0. The molecular weight excluding hydrogens is 494 g/mol. The van der Waals surface area contributed by atoms with Crippen LogP contribution in [0.4, 0.5) is 0 Å². The van der Waals surface area contributed by atoms with Gasteiger partial charge in [0.1, 0.15) is 18.3 Å². The van der Waals surface area contributed by atoms with E-state index >= 15 is 0 Å². The van der Waals surface area contributed by atoms with Crippen LogP contribution in [0.1, 0.15) is 40.7 Å². The standard InChI is InChI=1S/C28H33NO9/c30-20-12-17-11-18(10-15-6-8-29(9-7-15)14-16-4-2-1-3-5-16)22(31)19(17)13-21(20)37-28-25(34)23(32)24(33)26(38-28)27(35)36/h1-5,12-13,15,18,23-26,28,30,32-34H,6-11,14H2,(H,35,36)/t18?,23-,24-,25+,26-,28?/m0/s1. The Morgan fingerprint density at radius 1 is 1.03 bits per heavy atom. The molecule has 2 aliphatic heterocycles. The summed E-state index contributed by atoms with van der Waals surface area (Å²) in [6, 6.07) is 13.2. The Balaban J connectivity index is 1.20. The summed E-state index contributed by atoms with van der Waals surface area (Å²) in [7, 11) is 0. The number of Topliss-reactive ketones (excluding diaryl/α,β-unsaturated/α-hetero) is 1. The van der Waals surface area contributed by atoms with Gasteiger partial charge in [0, 0.05) is 18.0 Å². The molecule has 10 heteroatoms. The third-order valence-electron chi connectivity index (χ3n) is 7.92. The van der Waals surface area contributed by atoms with Crippen LogP contribution < -0.4 is 4.74 Å². The first kappa shape index (κ1) is 26.6. The van der Waals surface area contributed by atoms with Gasteiger partial charge < -0.3 is 35.0 Å². The highest BCUT2D eigenvalue weighted by atomic mass is 16.7. The lowest BCUT2D eigenvalue weighted by atomic mass is 9.85. The topological polar surface area (TPSA) is 157 Å². The number of hydrogen-bond donors (Lipinski definition) is 5. The number of piperidine rings is 1. The number of phenols is 1. The van der Waals surface area contributed by atoms with Crippen molar-refractivity contribution in [1.82, 2.24) is 4.90 Å². The minimum Gasteiger partial charge on any atom is -0.504 e. The molecule has 2 unspecified atom stereocenters. The van der Waals surface area contributed by atoms with Crippen LogP contribution in [0.2, 0.25) is 0 Å². The molecule has 5 N–H and O–H groups in total. The molecule has 38 heavy (non-hydrogen) atoms. The first-order valence-electron chi connectivity index (χ1n) is 13.0. The normalized spacial score (nSPS) is 30.2. The summed E-state index contributed by atoms with van der Waals surface area (Å²) in [6.45, 7) is 2.88. The molecule has 0 bridgehead atoms. The van der Waals surface area contributed by atoms with Crippen LogP contribution in [0, 0.1) is 11.8 Å². The smallest absolute Gasteiger partial charge is 0.335 e. The third kappa shape index (κ3) is 5.41. The Bertz CT molecular complexity index is 1160. The summed E-state index contributed by atoms with van der Waals surface area (Å²) in [5, 5.41) is 49.8. The van der Waals surface area contributed by atoms with Crippen LogP contribution in [-0.2, 0) is 22.5 Å². The Labute approximate surface area is 220 Å². The number of nitrogens with zero attached hydrogens (tertiary/aromatic N) is 1. The fourth-order valence-corrected chi connectivity index (χ4v) is 5.77. The summed E-state index contributed by atoms with van der Waals surface area (Å²) < 4.78 is 10.6. The van der Waals surface area contributed by atoms with Gasteiger partial charge in [0.05, 0.1) is 0 Å². The van der Waals surface area contributed by atoms with E-state index in [0.29, 0.717) is 23.5 Å². The number of aliphatic carboxylic acids is 1. The number of ketones is 1. The number of fused-ring (bicyclic) bond motifs is 1. The van der Waals surface area contributed by atoms with Crippen LogP contribution in [0.25, 0.3) is 0 Å². The van der Waals surface area contributed by atoms with E-state index in [1.54, 1.807) is 0 Å². The van der Waals surface area contributed by atoms with E-state index in [2.05, 4.69) is 17.0 Å². The Kier molecular flexibility index (Phi) is 7.69. The Morgan fingerprint density at radius 2 is 1.74 bits per heavy atom. The lowest BCUT2D eigenvalue weighted by molar-refractivity contribution is -0.271. The monoisotopic (exact) mass is 527 g/mol. The van der Waals surface area contributed by atoms with Gasteiger partial charge in [0.15, 0.2) is 23.4 Å². The molecular formula is C28H33NO9. The summed E-state index contributed by atoms with van der Waals surface area (Å²) in [5.74, 6) is -1.82. The number of aliphatic hydroxyl groups is 3. The van der Waals surface area contributed by atoms with Gasteiger partial charge in [-0.1, -0.05) is 30.3 Å². The summed E-state index contributed by atoms with van der Waals surface area (Å²) in [5.41, 5.74) is 2.40. The molecule has 0 amide bonds. The molecule has 204 valence electrons. The van der Waals surface area contributed by atoms with Gasteiger partial charge >= 0.3 is 5.97 Å². The van der Waals surface area contributed by atoms with Crippen molar-refractivity contribution in [3.63, 3.8) is 0 Å². The molecule has 2 saturated heterocycles. The predicted octanol–water partition coefficient (Wildman–Crippen LogP) is 1.32. The fourth-order valence-electron chi connectivity index (χ4n) is 5.77. The molecule has 0 aromatic heterocycles. The molecule has 0 radical (unpaired) electrons. The van der Waals surface area contributed by atoms with Crippen molar-refractivity contribution in [2.24, 2.45) is 11.8 Å². The second-order valence-electron chi connectivity index (χ2n) is 10.5. The number of hydrogen-bond acceptors (Lipinski definition) is 9. The van der Waals surface area contributed by atoms with E-state index in [0.717, 1.165) is 38.9 Å². The molecule has 6 atom stereocenters. The van der Waals surface area contributed by atoms with Gasteiger partial charge in [-0.05, 0) is 68.0 Å². The van der Waals surface area contributed by atoms with Crippen molar-refractivity contribution in [2.75, 3.05) is 13.1 Å². The molecule has 0 spiro atoms. The highest BCUT2D eigenvalue weighted by molar-refractivity contribution is 6.02. The van der Waals surface area contributed by atoms with Crippen LogP contribution in [-0.4, -0.2) is 86.0 Å². The Hall–Kier alpha value is -3.02. The van der Waals surface area contributed by atoms with Crippen LogP contribution >= 0.6 is 0 Å². The van der Waals surface area contributed by atoms with E-state index in [1.807, 2.05) is 18.2 Å².